The van der Waals surface area contributed by atoms with Gasteiger partial charge in [-0.25, -0.2) is 4.98 Å². The van der Waals surface area contributed by atoms with E-state index in [0.29, 0.717) is 37.3 Å². The van der Waals surface area contributed by atoms with Crippen LogP contribution in [0.25, 0.3) is 0 Å². The number of benzene rings is 1. The van der Waals surface area contributed by atoms with Gasteiger partial charge in [0.1, 0.15) is 5.82 Å². The normalized spacial score (nSPS) is 15.9. The van der Waals surface area contributed by atoms with E-state index in [0.717, 1.165) is 24.4 Å². The molecule has 162 valence electrons. The predicted molar refractivity (Wildman–Crippen MR) is 97.5 cm³/mol. The van der Waals surface area contributed by atoms with Gasteiger partial charge in [0, 0.05) is 31.7 Å². The first kappa shape index (κ1) is 21.9. The minimum absolute atomic E-state index is 0.0105. The van der Waals surface area contributed by atoms with Gasteiger partial charge in [0.15, 0.2) is 0 Å². The summed E-state index contributed by atoms with van der Waals surface area (Å²) in [6.07, 6.45) is -7.17. The van der Waals surface area contributed by atoms with Gasteiger partial charge in [0.2, 0.25) is 5.91 Å². The molecule has 1 saturated heterocycles. The Kier molecular flexibility index (Phi) is 6.23. The SMILES string of the molecule is O=C(NCc1cccc(C(F)(F)F)c1)C1CCN(c2ccc(C(F)(F)F)cn2)CC1. The number of amides is 1. The smallest absolute Gasteiger partial charge is 0.357 e. The molecule has 0 unspecified atom stereocenters. The first-order valence-electron chi connectivity index (χ1n) is 9.26. The van der Waals surface area contributed by atoms with Crippen LogP contribution in [0.3, 0.4) is 0 Å². The van der Waals surface area contributed by atoms with Crippen molar-refractivity contribution in [1.82, 2.24) is 10.3 Å². The molecule has 0 saturated carbocycles. The fourth-order valence-corrected chi connectivity index (χ4v) is 3.30. The van der Waals surface area contributed by atoms with E-state index >= 15 is 0 Å². The molecule has 0 radical (unpaired) electrons. The third-order valence-electron chi connectivity index (χ3n) is 4.99. The molecular formula is C20H19F6N3O. The molecule has 1 fully saturated rings. The summed E-state index contributed by atoms with van der Waals surface area (Å²) < 4.78 is 76.2. The van der Waals surface area contributed by atoms with Gasteiger partial charge in [-0.15, -0.1) is 0 Å². The largest absolute Gasteiger partial charge is 0.417 e. The van der Waals surface area contributed by atoms with Gasteiger partial charge in [0.25, 0.3) is 0 Å². The average molecular weight is 431 g/mol. The molecular weight excluding hydrogens is 412 g/mol. The maximum Gasteiger partial charge on any atom is 0.417 e. The molecule has 2 aromatic rings. The summed E-state index contributed by atoms with van der Waals surface area (Å²) in [5, 5.41) is 2.66. The van der Waals surface area contributed by atoms with Crippen molar-refractivity contribution in [3.8, 4) is 0 Å². The number of anilines is 1. The van der Waals surface area contributed by atoms with Crippen molar-refractivity contribution in [3.05, 3.63) is 59.3 Å². The number of aromatic nitrogens is 1. The standard InChI is InChI=1S/C20H19F6N3O/c21-19(22,23)15-3-1-2-13(10-15)11-28-18(30)14-6-8-29(9-7-14)17-5-4-16(12-27-17)20(24,25)26/h1-5,10,12,14H,6-9,11H2,(H,28,30). The van der Waals surface area contributed by atoms with Crippen LogP contribution < -0.4 is 10.2 Å². The number of piperidine rings is 1. The van der Waals surface area contributed by atoms with Crippen LogP contribution in [0.5, 0.6) is 0 Å². The number of hydrogen-bond acceptors (Lipinski definition) is 3. The van der Waals surface area contributed by atoms with E-state index in [-0.39, 0.29) is 18.4 Å². The Morgan fingerprint density at radius 1 is 1.00 bits per heavy atom. The molecule has 0 aliphatic carbocycles. The highest BCUT2D eigenvalue weighted by molar-refractivity contribution is 5.79. The predicted octanol–water partition coefficient (Wildman–Crippen LogP) is 4.65. The zero-order valence-corrected chi connectivity index (χ0v) is 15.7. The molecule has 10 heteroatoms. The van der Waals surface area contributed by atoms with Crippen molar-refractivity contribution in [2.45, 2.75) is 31.7 Å². The molecule has 1 aromatic carbocycles. The summed E-state index contributed by atoms with van der Waals surface area (Å²) in [4.78, 5) is 18.0. The highest BCUT2D eigenvalue weighted by atomic mass is 19.4. The monoisotopic (exact) mass is 431 g/mol. The van der Waals surface area contributed by atoms with Crippen molar-refractivity contribution in [2.24, 2.45) is 5.92 Å². The Labute approximate surface area is 168 Å². The minimum Gasteiger partial charge on any atom is -0.357 e. The van der Waals surface area contributed by atoms with E-state index < -0.39 is 23.5 Å². The minimum atomic E-state index is -4.45. The van der Waals surface area contributed by atoms with Crippen molar-refractivity contribution in [2.75, 3.05) is 18.0 Å². The van der Waals surface area contributed by atoms with Crippen LogP contribution in [0.1, 0.15) is 29.5 Å². The summed E-state index contributed by atoms with van der Waals surface area (Å²) in [6, 6.07) is 7.04. The van der Waals surface area contributed by atoms with Crippen LogP contribution in [0, 0.1) is 5.92 Å². The zero-order chi connectivity index (χ0) is 21.9. The summed E-state index contributed by atoms with van der Waals surface area (Å²) >= 11 is 0. The van der Waals surface area contributed by atoms with E-state index in [9.17, 15) is 31.1 Å². The fourth-order valence-electron chi connectivity index (χ4n) is 3.30. The molecule has 1 aliphatic rings. The van der Waals surface area contributed by atoms with Crippen molar-refractivity contribution < 1.29 is 31.1 Å². The molecule has 0 bridgehead atoms. The van der Waals surface area contributed by atoms with Crippen LogP contribution in [-0.2, 0) is 23.7 Å². The first-order chi connectivity index (χ1) is 14.0. The Morgan fingerprint density at radius 2 is 1.67 bits per heavy atom. The number of carbonyl (C=O) groups excluding carboxylic acids is 1. The second-order valence-electron chi connectivity index (χ2n) is 7.08. The maximum atomic E-state index is 12.8. The molecule has 1 N–H and O–H groups in total. The first-order valence-corrected chi connectivity index (χ1v) is 9.26. The molecule has 0 spiro atoms. The van der Waals surface area contributed by atoms with Gasteiger partial charge >= 0.3 is 12.4 Å². The van der Waals surface area contributed by atoms with E-state index in [1.807, 2.05) is 0 Å². The Morgan fingerprint density at radius 3 is 2.23 bits per heavy atom. The molecule has 1 aliphatic heterocycles. The number of carbonyl (C=O) groups is 1. The summed E-state index contributed by atoms with van der Waals surface area (Å²) in [5.41, 5.74) is -1.24. The second-order valence-corrected chi connectivity index (χ2v) is 7.08. The van der Waals surface area contributed by atoms with Crippen LogP contribution in [0.15, 0.2) is 42.6 Å². The maximum absolute atomic E-state index is 12.8. The lowest BCUT2D eigenvalue weighted by atomic mass is 9.95. The number of nitrogens with zero attached hydrogens (tertiary/aromatic N) is 2. The van der Waals surface area contributed by atoms with Crippen molar-refractivity contribution in [1.29, 1.82) is 0 Å². The van der Waals surface area contributed by atoms with E-state index in [2.05, 4.69) is 10.3 Å². The Hall–Kier alpha value is -2.78. The van der Waals surface area contributed by atoms with Crippen LogP contribution in [0.4, 0.5) is 32.2 Å². The molecule has 4 nitrogen and oxygen atoms in total. The Bertz CT molecular complexity index is 871. The highest BCUT2D eigenvalue weighted by Crippen LogP contribution is 2.31. The van der Waals surface area contributed by atoms with E-state index in [1.165, 1.54) is 18.2 Å². The van der Waals surface area contributed by atoms with Gasteiger partial charge < -0.3 is 10.2 Å². The third kappa shape index (κ3) is 5.43. The third-order valence-corrected chi connectivity index (χ3v) is 4.99. The number of nitrogens with one attached hydrogen (secondary N) is 1. The van der Waals surface area contributed by atoms with Gasteiger partial charge in [-0.3, -0.25) is 4.79 Å². The number of rotatable bonds is 4. The van der Waals surface area contributed by atoms with Crippen molar-refractivity contribution >= 4 is 11.7 Å². The lowest BCUT2D eigenvalue weighted by molar-refractivity contribution is -0.138. The van der Waals surface area contributed by atoms with Gasteiger partial charge in [-0.1, -0.05) is 12.1 Å². The lowest BCUT2D eigenvalue weighted by Crippen LogP contribution is -2.40. The number of hydrogen-bond donors (Lipinski definition) is 1. The summed E-state index contributed by atoms with van der Waals surface area (Å²) in [5.74, 6) is -0.167. The van der Waals surface area contributed by atoms with Crippen LogP contribution in [0.2, 0.25) is 0 Å². The Balaban J connectivity index is 1.51. The van der Waals surface area contributed by atoms with Crippen LogP contribution in [-0.4, -0.2) is 24.0 Å². The lowest BCUT2D eigenvalue weighted by Gasteiger charge is -2.32. The zero-order valence-electron chi connectivity index (χ0n) is 15.7. The van der Waals surface area contributed by atoms with E-state index in [1.54, 1.807) is 4.90 Å². The van der Waals surface area contributed by atoms with Gasteiger partial charge in [-0.2, -0.15) is 26.3 Å². The number of halogens is 6. The molecule has 1 amide bonds. The second kappa shape index (κ2) is 8.53. The fraction of sp³-hybridized carbons (Fsp3) is 0.400. The van der Waals surface area contributed by atoms with Crippen molar-refractivity contribution in [3.63, 3.8) is 0 Å². The highest BCUT2D eigenvalue weighted by Gasteiger charge is 2.32. The van der Waals surface area contributed by atoms with Crippen LogP contribution >= 0.6 is 0 Å². The molecule has 0 atom stereocenters. The van der Waals surface area contributed by atoms with Gasteiger partial charge in [0.05, 0.1) is 11.1 Å². The summed E-state index contributed by atoms with van der Waals surface area (Å²) in [7, 11) is 0. The van der Waals surface area contributed by atoms with Gasteiger partial charge in [-0.05, 0) is 42.7 Å². The molecule has 30 heavy (non-hydrogen) atoms. The van der Waals surface area contributed by atoms with E-state index in [4.69, 9.17) is 0 Å². The molecule has 2 heterocycles. The summed E-state index contributed by atoms with van der Waals surface area (Å²) in [6.45, 7) is 0.878. The topological polar surface area (TPSA) is 45.2 Å². The molecule has 1 aromatic heterocycles. The number of pyridine rings is 1. The molecule has 3 rings (SSSR count). The quantitative estimate of drug-likeness (QED) is 0.717. The number of alkyl halides is 6. The average Bonchev–Trinajstić information content (AvgIpc) is 2.71.